The highest BCUT2D eigenvalue weighted by Gasteiger charge is 2.33. The lowest BCUT2D eigenvalue weighted by atomic mass is 9.75. The van der Waals surface area contributed by atoms with Crippen LogP contribution in [-0.2, 0) is 16.0 Å². The number of allylic oxidation sites excluding steroid dienone is 2. The van der Waals surface area contributed by atoms with Crippen molar-refractivity contribution in [2.75, 3.05) is 6.61 Å². The molecular weight excluding hydrogens is 236 g/mol. The second kappa shape index (κ2) is 5.60. The molecule has 1 aromatic rings. The van der Waals surface area contributed by atoms with Crippen molar-refractivity contribution in [1.29, 1.82) is 0 Å². The minimum atomic E-state index is 0.0156. The standard InChI is InChI=1S/C17H22O2/c1-4-19-16-12-17(2,3)11-15(18)14(16)10-13-8-6-5-7-9-13/h5-9H,4,10-12H2,1-3H3. The lowest BCUT2D eigenvalue weighted by molar-refractivity contribution is -0.118. The fourth-order valence-electron chi connectivity index (χ4n) is 2.61. The molecule has 2 heteroatoms. The zero-order valence-corrected chi connectivity index (χ0v) is 12.0. The lowest BCUT2D eigenvalue weighted by Gasteiger charge is -2.31. The van der Waals surface area contributed by atoms with Crippen LogP contribution >= 0.6 is 0 Å². The first-order chi connectivity index (χ1) is 9.02. The molecule has 0 bridgehead atoms. The summed E-state index contributed by atoms with van der Waals surface area (Å²) in [5, 5.41) is 0. The van der Waals surface area contributed by atoms with Crippen molar-refractivity contribution >= 4 is 5.78 Å². The molecule has 1 aromatic carbocycles. The van der Waals surface area contributed by atoms with Crippen LogP contribution in [0.1, 0.15) is 39.2 Å². The summed E-state index contributed by atoms with van der Waals surface area (Å²) in [6.45, 7) is 6.85. The summed E-state index contributed by atoms with van der Waals surface area (Å²) < 4.78 is 5.73. The number of hydrogen-bond donors (Lipinski definition) is 0. The third-order valence-electron chi connectivity index (χ3n) is 3.49. The average molecular weight is 258 g/mol. The van der Waals surface area contributed by atoms with Gasteiger partial charge in [-0.05, 0) is 17.9 Å². The van der Waals surface area contributed by atoms with Gasteiger partial charge in [0.05, 0.1) is 6.61 Å². The summed E-state index contributed by atoms with van der Waals surface area (Å²) in [5.41, 5.74) is 2.05. The summed E-state index contributed by atoms with van der Waals surface area (Å²) in [5.74, 6) is 1.14. The number of Topliss-reactive ketones (excluding diaryl/α,β-unsaturated/α-hetero) is 1. The maximum absolute atomic E-state index is 12.4. The highest BCUT2D eigenvalue weighted by molar-refractivity contribution is 5.97. The second-order valence-electron chi connectivity index (χ2n) is 5.94. The van der Waals surface area contributed by atoms with E-state index >= 15 is 0 Å². The monoisotopic (exact) mass is 258 g/mol. The number of carbonyl (C=O) groups is 1. The molecule has 0 heterocycles. The Morgan fingerprint density at radius 1 is 1.16 bits per heavy atom. The van der Waals surface area contributed by atoms with Crippen LogP contribution in [0.3, 0.4) is 0 Å². The van der Waals surface area contributed by atoms with Gasteiger partial charge in [0.15, 0.2) is 5.78 Å². The van der Waals surface area contributed by atoms with Gasteiger partial charge in [-0.15, -0.1) is 0 Å². The van der Waals surface area contributed by atoms with Crippen LogP contribution in [0.15, 0.2) is 41.7 Å². The molecule has 0 aromatic heterocycles. The number of ketones is 1. The molecule has 0 unspecified atom stereocenters. The van der Waals surface area contributed by atoms with E-state index in [2.05, 4.69) is 26.0 Å². The Bertz CT molecular complexity index is 483. The molecule has 0 atom stereocenters. The number of rotatable bonds is 4. The number of ether oxygens (including phenoxy) is 1. The van der Waals surface area contributed by atoms with Crippen LogP contribution in [0.2, 0.25) is 0 Å². The lowest BCUT2D eigenvalue weighted by Crippen LogP contribution is -2.27. The van der Waals surface area contributed by atoms with Crippen LogP contribution in [0.4, 0.5) is 0 Å². The van der Waals surface area contributed by atoms with Gasteiger partial charge in [-0.25, -0.2) is 0 Å². The SMILES string of the molecule is CCOC1=C(Cc2ccccc2)C(=O)CC(C)(C)C1. The second-order valence-corrected chi connectivity index (χ2v) is 5.94. The maximum Gasteiger partial charge on any atom is 0.163 e. The third-order valence-corrected chi connectivity index (χ3v) is 3.49. The van der Waals surface area contributed by atoms with E-state index in [4.69, 9.17) is 4.74 Å². The van der Waals surface area contributed by atoms with E-state index in [1.54, 1.807) is 0 Å². The Hall–Kier alpha value is -1.57. The zero-order valence-electron chi connectivity index (χ0n) is 12.0. The number of benzene rings is 1. The van der Waals surface area contributed by atoms with Gasteiger partial charge >= 0.3 is 0 Å². The first-order valence-electron chi connectivity index (χ1n) is 6.94. The minimum Gasteiger partial charge on any atom is -0.498 e. The van der Waals surface area contributed by atoms with Crippen molar-refractivity contribution in [3.05, 3.63) is 47.2 Å². The summed E-state index contributed by atoms with van der Waals surface area (Å²) in [4.78, 5) is 12.4. The van der Waals surface area contributed by atoms with Gasteiger partial charge in [0, 0.05) is 24.8 Å². The highest BCUT2D eigenvalue weighted by atomic mass is 16.5. The molecule has 19 heavy (non-hydrogen) atoms. The van der Waals surface area contributed by atoms with Gasteiger partial charge in [-0.2, -0.15) is 0 Å². The first kappa shape index (κ1) is 13.9. The minimum absolute atomic E-state index is 0.0156. The predicted molar refractivity (Wildman–Crippen MR) is 76.8 cm³/mol. The molecular formula is C17H22O2. The van der Waals surface area contributed by atoms with Crippen molar-refractivity contribution in [2.24, 2.45) is 5.41 Å². The predicted octanol–water partition coefficient (Wildman–Crippen LogP) is 3.91. The Labute approximate surface area is 115 Å². The van der Waals surface area contributed by atoms with Gasteiger partial charge in [0.1, 0.15) is 5.76 Å². The van der Waals surface area contributed by atoms with Crippen LogP contribution in [0, 0.1) is 5.41 Å². The quantitative estimate of drug-likeness (QED) is 0.818. The zero-order chi connectivity index (χ0) is 13.9. The Kier molecular flexibility index (Phi) is 4.08. The van der Waals surface area contributed by atoms with Crippen molar-refractivity contribution in [1.82, 2.24) is 0 Å². The van der Waals surface area contributed by atoms with Crippen LogP contribution in [0.5, 0.6) is 0 Å². The van der Waals surface area contributed by atoms with E-state index in [1.807, 2.05) is 25.1 Å². The first-order valence-corrected chi connectivity index (χ1v) is 6.94. The fourth-order valence-corrected chi connectivity index (χ4v) is 2.61. The molecule has 1 aliphatic carbocycles. The van der Waals surface area contributed by atoms with E-state index in [0.29, 0.717) is 19.4 Å². The van der Waals surface area contributed by atoms with Crippen molar-refractivity contribution in [3.63, 3.8) is 0 Å². The molecule has 0 saturated carbocycles. The van der Waals surface area contributed by atoms with Gasteiger partial charge in [-0.3, -0.25) is 4.79 Å². The van der Waals surface area contributed by atoms with Gasteiger partial charge in [0.2, 0.25) is 0 Å². The molecule has 0 aliphatic heterocycles. The van der Waals surface area contributed by atoms with E-state index < -0.39 is 0 Å². The number of hydrogen-bond acceptors (Lipinski definition) is 2. The van der Waals surface area contributed by atoms with Crippen molar-refractivity contribution in [2.45, 2.75) is 40.0 Å². The molecule has 2 nitrogen and oxygen atoms in total. The normalized spacial score (nSPS) is 18.6. The van der Waals surface area contributed by atoms with E-state index in [1.165, 1.54) is 5.56 Å². The number of carbonyl (C=O) groups excluding carboxylic acids is 1. The van der Waals surface area contributed by atoms with Gasteiger partial charge in [0.25, 0.3) is 0 Å². The smallest absolute Gasteiger partial charge is 0.163 e. The summed E-state index contributed by atoms with van der Waals surface area (Å²) >= 11 is 0. The average Bonchev–Trinajstić information content (AvgIpc) is 2.34. The molecule has 0 saturated heterocycles. The van der Waals surface area contributed by atoms with Crippen LogP contribution in [0.25, 0.3) is 0 Å². The van der Waals surface area contributed by atoms with E-state index in [0.717, 1.165) is 17.8 Å². The third kappa shape index (κ3) is 3.46. The van der Waals surface area contributed by atoms with E-state index in [-0.39, 0.29) is 11.2 Å². The van der Waals surface area contributed by atoms with E-state index in [9.17, 15) is 4.79 Å². The molecule has 0 amide bonds. The Balaban J connectivity index is 2.29. The largest absolute Gasteiger partial charge is 0.498 e. The summed E-state index contributed by atoms with van der Waals surface area (Å²) in [6, 6.07) is 10.1. The van der Waals surface area contributed by atoms with Gasteiger partial charge in [-0.1, -0.05) is 44.2 Å². The summed E-state index contributed by atoms with van der Waals surface area (Å²) in [7, 11) is 0. The van der Waals surface area contributed by atoms with Gasteiger partial charge < -0.3 is 4.74 Å². The van der Waals surface area contributed by atoms with Crippen molar-refractivity contribution in [3.8, 4) is 0 Å². The Morgan fingerprint density at radius 3 is 2.47 bits per heavy atom. The molecule has 0 fully saturated rings. The highest BCUT2D eigenvalue weighted by Crippen LogP contribution is 2.38. The molecule has 0 spiro atoms. The molecule has 0 radical (unpaired) electrons. The van der Waals surface area contributed by atoms with Crippen LogP contribution in [-0.4, -0.2) is 12.4 Å². The molecule has 102 valence electrons. The van der Waals surface area contributed by atoms with Crippen molar-refractivity contribution < 1.29 is 9.53 Å². The molecule has 0 N–H and O–H groups in total. The van der Waals surface area contributed by atoms with Crippen LogP contribution < -0.4 is 0 Å². The molecule has 1 aliphatic rings. The Morgan fingerprint density at radius 2 is 1.84 bits per heavy atom. The summed E-state index contributed by atoms with van der Waals surface area (Å²) in [6.07, 6.45) is 2.16. The fraction of sp³-hybridized carbons (Fsp3) is 0.471. The maximum atomic E-state index is 12.4. The molecule has 2 rings (SSSR count). The topological polar surface area (TPSA) is 26.3 Å².